The summed E-state index contributed by atoms with van der Waals surface area (Å²) in [5.41, 5.74) is 0.855. The van der Waals surface area contributed by atoms with E-state index in [1.165, 1.54) is 14.5 Å². The lowest BCUT2D eigenvalue weighted by Gasteiger charge is -2.34. The van der Waals surface area contributed by atoms with E-state index in [4.69, 9.17) is 4.74 Å². The van der Waals surface area contributed by atoms with Crippen molar-refractivity contribution in [3.63, 3.8) is 0 Å². The molecule has 0 bridgehead atoms. The Morgan fingerprint density at radius 3 is 2.52 bits per heavy atom. The van der Waals surface area contributed by atoms with Crippen molar-refractivity contribution >= 4 is 39.6 Å². The Morgan fingerprint density at radius 2 is 1.87 bits per heavy atom. The molecule has 1 aliphatic rings. The van der Waals surface area contributed by atoms with Crippen LogP contribution in [-0.2, 0) is 4.74 Å². The van der Waals surface area contributed by atoms with Crippen LogP contribution in [0.5, 0.6) is 0 Å². The van der Waals surface area contributed by atoms with Crippen LogP contribution in [0.3, 0.4) is 0 Å². The molecule has 23 heavy (non-hydrogen) atoms. The Kier molecular flexibility index (Phi) is 4.58. The number of amides is 1. The number of piperidine rings is 1. The molecular weight excluding hydrogens is 403 g/mol. The molecule has 0 atom stereocenters. The van der Waals surface area contributed by atoms with E-state index in [1.807, 2.05) is 25.7 Å². The summed E-state index contributed by atoms with van der Waals surface area (Å²) in [5.74, 6) is 0. The molecular formula is C18H23IN2O2. The number of fused-ring (bicyclic) bond motifs is 1. The molecule has 1 fully saturated rings. The van der Waals surface area contributed by atoms with E-state index < -0.39 is 5.60 Å². The molecule has 0 unspecified atom stereocenters. The highest BCUT2D eigenvalue weighted by molar-refractivity contribution is 14.1. The van der Waals surface area contributed by atoms with Gasteiger partial charge in [0, 0.05) is 39.8 Å². The highest BCUT2D eigenvalue weighted by atomic mass is 127. The first-order chi connectivity index (χ1) is 10.8. The van der Waals surface area contributed by atoms with Gasteiger partial charge in [0.2, 0.25) is 0 Å². The molecule has 1 aliphatic heterocycles. The van der Waals surface area contributed by atoms with Crippen LogP contribution in [-0.4, -0.2) is 34.3 Å². The predicted molar refractivity (Wildman–Crippen MR) is 101 cm³/mol. The van der Waals surface area contributed by atoms with Crippen molar-refractivity contribution in [1.29, 1.82) is 0 Å². The summed E-state index contributed by atoms with van der Waals surface area (Å²) in [6, 6.07) is 8.97. The van der Waals surface area contributed by atoms with Gasteiger partial charge in [-0.1, -0.05) is 18.2 Å². The Bertz CT molecular complexity index is 709. The molecule has 0 saturated carbocycles. The smallest absolute Gasteiger partial charge is 0.410 e. The standard InChI is InChI=1S/C18H23IN2O2/c1-18(2,3)23-17(22)20-10-8-13(9-11-20)21-12-15(19)14-6-4-5-7-16(14)21/h4-7,12-13H,8-11H2,1-3H3. The lowest BCUT2D eigenvalue weighted by molar-refractivity contribution is 0.0189. The van der Waals surface area contributed by atoms with Crippen LogP contribution >= 0.6 is 22.6 Å². The normalized spacial score (nSPS) is 16.8. The fourth-order valence-electron chi connectivity index (χ4n) is 3.12. The third-order valence-electron chi connectivity index (χ3n) is 4.20. The van der Waals surface area contributed by atoms with E-state index in [0.29, 0.717) is 6.04 Å². The van der Waals surface area contributed by atoms with Crippen LogP contribution in [0.2, 0.25) is 0 Å². The first-order valence-electron chi connectivity index (χ1n) is 8.08. The highest BCUT2D eigenvalue weighted by Gasteiger charge is 2.28. The summed E-state index contributed by atoms with van der Waals surface area (Å²) < 4.78 is 9.13. The Hall–Kier alpha value is -1.24. The van der Waals surface area contributed by atoms with Crippen LogP contribution < -0.4 is 0 Å². The Labute approximate surface area is 150 Å². The molecule has 1 amide bonds. The summed E-state index contributed by atoms with van der Waals surface area (Å²) in [6.45, 7) is 7.23. The largest absolute Gasteiger partial charge is 0.444 e. The van der Waals surface area contributed by atoms with E-state index in [1.54, 1.807) is 0 Å². The Morgan fingerprint density at radius 1 is 1.22 bits per heavy atom. The number of carbonyl (C=O) groups excluding carboxylic acids is 1. The summed E-state index contributed by atoms with van der Waals surface area (Å²) in [6.07, 6.45) is 3.98. The van der Waals surface area contributed by atoms with Gasteiger partial charge in [0.05, 0.1) is 0 Å². The number of aromatic nitrogens is 1. The molecule has 1 aromatic carbocycles. The summed E-state index contributed by atoms with van der Waals surface area (Å²) in [4.78, 5) is 14.0. The maximum absolute atomic E-state index is 12.2. The minimum atomic E-state index is -0.430. The van der Waals surface area contributed by atoms with E-state index in [0.717, 1.165) is 25.9 Å². The molecule has 2 heterocycles. The molecule has 1 aromatic heterocycles. The zero-order valence-electron chi connectivity index (χ0n) is 13.9. The topological polar surface area (TPSA) is 34.5 Å². The lowest BCUT2D eigenvalue weighted by atomic mass is 10.0. The average Bonchev–Trinajstić information content (AvgIpc) is 2.83. The van der Waals surface area contributed by atoms with E-state index in [-0.39, 0.29) is 6.09 Å². The predicted octanol–water partition coefficient (Wildman–Crippen LogP) is 4.82. The van der Waals surface area contributed by atoms with Gasteiger partial charge in [-0.05, 0) is 62.3 Å². The highest BCUT2D eigenvalue weighted by Crippen LogP contribution is 2.31. The van der Waals surface area contributed by atoms with Crippen LogP contribution in [0.4, 0.5) is 4.79 Å². The second-order valence-electron chi connectivity index (χ2n) is 7.10. The van der Waals surface area contributed by atoms with Gasteiger partial charge in [-0.15, -0.1) is 0 Å². The third-order valence-corrected chi connectivity index (χ3v) is 5.06. The van der Waals surface area contributed by atoms with E-state index >= 15 is 0 Å². The molecule has 3 rings (SSSR count). The molecule has 5 heteroatoms. The number of nitrogens with zero attached hydrogens (tertiary/aromatic N) is 2. The van der Waals surface area contributed by atoms with Crippen molar-refractivity contribution in [2.24, 2.45) is 0 Å². The minimum absolute atomic E-state index is 0.192. The van der Waals surface area contributed by atoms with Crippen molar-refractivity contribution in [3.05, 3.63) is 34.0 Å². The zero-order valence-corrected chi connectivity index (χ0v) is 16.0. The van der Waals surface area contributed by atoms with Crippen molar-refractivity contribution in [3.8, 4) is 0 Å². The third kappa shape index (κ3) is 3.65. The van der Waals surface area contributed by atoms with Crippen molar-refractivity contribution in [2.45, 2.75) is 45.3 Å². The fraction of sp³-hybridized carbons (Fsp3) is 0.500. The molecule has 0 spiro atoms. The van der Waals surface area contributed by atoms with Crippen LogP contribution in [0.1, 0.15) is 39.7 Å². The monoisotopic (exact) mass is 426 g/mol. The molecule has 1 saturated heterocycles. The number of hydrogen-bond acceptors (Lipinski definition) is 2. The van der Waals surface area contributed by atoms with Gasteiger partial charge >= 0.3 is 6.09 Å². The number of para-hydroxylation sites is 1. The maximum Gasteiger partial charge on any atom is 0.410 e. The molecule has 0 radical (unpaired) electrons. The van der Waals surface area contributed by atoms with Crippen LogP contribution in [0, 0.1) is 3.57 Å². The number of carbonyl (C=O) groups is 1. The number of likely N-dealkylation sites (tertiary alicyclic amines) is 1. The van der Waals surface area contributed by atoms with Gasteiger partial charge < -0.3 is 14.2 Å². The van der Waals surface area contributed by atoms with Gasteiger partial charge in [-0.2, -0.15) is 0 Å². The summed E-state index contributed by atoms with van der Waals surface area (Å²) in [5, 5.41) is 1.31. The average molecular weight is 426 g/mol. The summed E-state index contributed by atoms with van der Waals surface area (Å²) in [7, 11) is 0. The van der Waals surface area contributed by atoms with Crippen LogP contribution in [0.25, 0.3) is 10.9 Å². The Balaban J connectivity index is 1.70. The van der Waals surface area contributed by atoms with Gasteiger partial charge in [-0.25, -0.2) is 4.79 Å². The molecule has 0 aliphatic carbocycles. The minimum Gasteiger partial charge on any atom is -0.444 e. The number of halogens is 1. The first kappa shape index (κ1) is 16.6. The lowest BCUT2D eigenvalue weighted by Crippen LogP contribution is -2.42. The maximum atomic E-state index is 12.2. The van der Waals surface area contributed by atoms with E-state index in [9.17, 15) is 4.79 Å². The quantitative estimate of drug-likeness (QED) is 0.613. The SMILES string of the molecule is CC(C)(C)OC(=O)N1CCC(n2cc(I)c3ccccc32)CC1. The molecule has 2 aromatic rings. The van der Waals surface area contributed by atoms with Crippen molar-refractivity contribution in [1.82, 2.24) is 9.47 Å². The van der Waals surface area contributed by atoms with E-state index in [2.05, 4.69) is 57.6 Å². The van der Waals surface area contributed by atoms with Crippen molar-refractivity contribution < 1.29 is 9.53 Å². The second kappa shape index (κ2) is 6.34. The van der Waals surface area contributed by atoms with Gasteiger partial charge in [0.1, 0.15) is 5.60 Å². The molecule has 124 valence electrons. The molecule has 4 nitrogen and oxygen atoms in total. The molecule has 0 N–H and O–H groups in total. The van der Waals surface area contributed by atoms with Gasteiger partial charge in [0.25, 0.3) is 0 Å². The number of benzene rings is 1. The second-order valence-corrected chi connectivity index (χ2v) is 8.26. The number of rotatable bonds is 1. The van der Waals surface area contributed by atoms with Crippen LogP contribution in [0.15, 0.2) is 30.5 Å². The van der Waals surface area contributed by atoms with Gasteiger partial charge in [-0.3, -0.25) is 0 Å². The summed E-state index contributed by atoms with van der Waals surface area (Å²) >= 11 is 2.40. The fourth-order valence-corrected chi connectivity index (χ4v) is 3.87. The number of ether oxygens (including phenoxy) is 1. The first-order valence-corrected chi connectivity index (χ1v) is 9.16. The zero-order chi connectivity index (χ0) is 16.6. The van der Waals surface area contributed by atoms with Crippen molar-refractivity contribution in [2.75, 3.05) is 13.1 Å². The number of hydrogen-bond donors (Lipinski definition) is 0. The van der Waals surface area contributed by atoms with Gasteiger partial charge in [0.15, 0.2) is 0 Å².